The second kappa shape index (κ2) is 5.74. The molecule has 0 aliphatic heterocycles. The molecule has 0 saturated heterocycles. The Bertz CT molecular complexity index is 1240. The molecule has 124 valence electrons. The van der Waals surface area contributed by atoms with E-state index in [1.165, 1.54) is 10.8 Å². The molecule has 0 saturated carbocycles. The molecule has 5 aromatic rings. The Morgan fingerprint density at radius 3 is 2.23 bits per heavy atom. The highest BCUT2D eigenvalue weighted by atomic mass is 16.3. The van der Waals surface area contributed by atoms with Crippen LogP contribution in [0.5, 0.6) is 0 Å². The van der Waals surface area contributed by atoms with E-state index in [9.17, 15) is 0 Å². The zero-order valence-corrected chi connectivity index (χ0v) is 14.0. The summed E-state index contributed by atoms with van der Waals surface area (Å²) < 4.78 is 6.05. The maximum absolute atomic E-state index is 6.05. The highest BCUT2D eigenvalue weighted by Crippen LogP contribution is 2.30. The van der Waals surface area contributed by atoms with Crippen LogP contribution in [0, 0.1) is 0 Å². The molecule has 0 unspecified atom stereocenters. The van der Waals surface area contributed by atoms with Crippen molar-refractivity contribution in [2.75, 3.05) is 5.73 Å². The molecule has 0 aliphatic carbocycles. The molecule has 1 aromatic heterocycles. The van der Waals surface area contributed by atoms with Crippen LogP contribution in [0.15, 0.2) is 89.3 Å². The number of oxazole rings is 1. The number of hydrogen-bond acceptors (Lipinski definition) is 3. The summed E-state index contributed by atoms with van der Waals surface area (Å²) in [5.41, 5.74) is 11.3. The average Bonchev–Trinajstić information content (AvgIpc) is 3.11. The summed E-state index contributed by atoms with van der Waals surface area (Å²) in [6.07, 6.45) is 0. The lowest BCUT2D eigenvalue weighted by atomic mass is 10.1. The lowest BCUT2D eigenvalue weighted by Crippen LogP contribution is -1.83. The van der Waals surface area contributed by atoms with Crippen LogP contribution in [-0.2, 0) is 0 Å². The number of rotatable bonds is 2. The zero-order valence-electron chi connectivity index (χ0n) is 14.0. The molecule has 2 N–H and O–H groups in total. The molecule has 0 aliphatic rings. The van der Waals surface area contributed by atoms with Crippen LogP contribution in [0.25, 0.3) is 44.5 Å². The topological polar surface area (TPSA) is 52.0 Å². The van der Waals surface area contributed by atoms with Crippen LogP contribution in [0.1, 0.15) is 0 Å². The average molecular weight is 336 g/mol. The van der Waals surface area contributed by atoms with E-state index in [0.29, 0.717) is 5.89 Å². The fourth-order valence-corrected chi connectivity index (χ4v) is 3.23. The van der Waals surface area contributed by atoms with Gasteiger partial charge in [-0.3, -0.25) is 0 Å². The van der Waals surface area contributed by atoms with Crippen molar-refractivity contribution >= 4 is 27.6 Å². The summed E-state index contributed by atoms with van der Waals surface area (Å²) in [6, 6.07) is 28.4. The fraction of sp³-hybridized carbons (Fsp3) is 0. The van der Waals surface area contributed by atoms with E-state index in [-0.39, 0.29) is 0 Å². The molecule has 0 fully saturated rings. The Kier molecular flexibility index (Phi) is 3.25. The van der Waals surface area contributed by atoms with Crippen molar-refractivity contribution in [2.45, 2.75) is 0 Å². The third kappa shape index (κ3) is 2.50. The van der Waals surface area contributed by atoms with Gasteiger partial charge in [-0.05, 0) is 58.3 Å². The molecule has 0 radical (unpaired) electrons. The minimum atomic E-state index is 0.639. The molecular weight excluding hydrogens is 320 g/mol. The number of fused-ring (bicyclic) bond motifs is 2. The Hall–Kier alpha value is -3.59. The van der Waals surface area contributed by atoms with E-state index in [4.69, 9.17) is 10.2 Å². The van der Waals surface area contributed by atoms with Crippen LogP contribution in [0.2, 0.25) is 0 Å². The van der Waals surface area contributed by atoms with E-state index >= 15 is 0 Å². The smallest absolute Gasteiger partial charge is 0.227 e. The van der Waals surface area contributed by atoms with E-state index < -0.39 is 0 Å². The van der Waals surface area contributed by atoms with Gasteiger partial charge in [-0.25, -0.2) is 4.98 Å². The van der Waals surface area contributed by atoms with Crippen LogP contribution < -0.4 is 5.73 Å². The van der Waals surface area contributed by atoms with Crippen molar-refractivity contribution in [3.05, 3.63) is 84.9 Å². The molecule has 3 nitrogen and oxygen atoms in total. The van der Waals surface area contributed by atoms with Crippen LogP contribution in [-0.4, -0.2) is 4.98 Å². The number of nitrogens with zero attached hydrogens (tertiary/aromatic N) is 1. The van der Waals surface area contributed by atoms with E-state index in [1.807, 2.05) is 54.6 Å². The van der Waals surface area contributed by atoms with Gasteiger partial charge in [0.1, 0.15) is 5.52 Å². The molecule has 5 rings (SSSR count). The first-order valence-corrected chi connectivity index (χ1v) is 8.52. The summed E-state index contributed by atoms with van der Waals surface area (Å²) in [5.74, 6) is 0.639. The SMILES string of the molecule is Nc1ccc(-c2ccc3nc(-c4ccc5ccccc5c4)oc3c2)cc1. The van der Waals surface area contributed by atoms with Gasteiger partial charge in [0.25, 0.3) is 0 Å². The van der Waals surface area contributed by atoms with Crippen LogP contribution >= 0.6 is 0 Å². The number of benzene rings is 4. The summed E-state index contributed by atoms with van der Waals surface area (Å²) in [5, 5.41) is 2.38. The van der Waals surface area contributed by atoms with E-state index in [1.54, 1.807) is 0 Å². The first kappa shape index (κ1) is 14.7. The first-order valence-electron chi connectivity index (χ1n) is 8.52. The molecule has 1 heterocycles. The van der Waals surface area contributed by atoms with Gasteiger partial charge >= 0.3 is 0 Å². The van der Waals surface area contributed by atoms with Crippen molar-refractivity contribution < 1.29 is 4.42 Å². The lowest BCUT2D eigenvalue weighted by Gasteiger charge is -2.01. The van der Waals surface area contributed by atoms with Crippen molar-refractivity contribution in [2.24, 2.45) is 0 Å². The van der Waals surface area contributed by atoms with Gasteiger partial charge in [-0.2, -0.15) is 0 Å². The molecule has 4 aromatic carbocycles. The normalized spacial score (nSPS) is 11.2. The maximum Gasteiger partial charge on any atom is 0.227 e. The number of anilines is 1. The second-order valence-electron chi connectivity index (χ2n) is 6.39. The molecule has 0 amide bonds. The van der Waals surface area contributed by atoms with Gasteiger partial charge in [-0.15, -0.1) is 0 Å². The summed E-state index contributed by atoms with van der Waals surface area (Å²) in [6.45, 7) is 0. The fourth-order valence-electron chi connectivity index (χ4n) is 3.23. The highest BCUT2D eigenvalue weighted by Gasteiger charge is 2.10. The van der Waals surface area contributed by atoms with Crippen molar-refractivity contribution in [1.29, 1.82) is 0 Å². The quantitative estimate of drug-likeness (QED) is 0.408. The third-order valence-electron chi connectivity index (χ3n) is 4.63. The number of nitrogens with two attached hydrogens (primary N) is 1. The third-order valence-corrected chi connectivity index (χ3v) is 4.63. The van der Waals surface area contributed by atoms with E-state index in [2.05, 4.69) is 35.3 Å². The largest absolute Gasteiger partial charge is 0.436 e. The van der Waals surface area contributed by atoms with Crippen molar-refractivity contribution in [1.82, 2.24) is 4.98 Å². The number of nitrogen functional groups attached to an aromatic ring is 1. The maximum atomic E-state index is 6.05. The first-order chi connectivity index (χ1) is 12.8. The molecular formula is C23H16N2O. The van der Waals surface area contributed by atoms with Gasteiger partial charge in [0, 0.05) is 11.3 Å². The summed E-state index contributed by atoms with van der Waals surface area (Å²) >= 11 is 0. The van der Waals surface area contributed by atoms with Gasteiger partial charge in [0.2, 0.25) is 5.89 Å². The molecule has 0 bridgehead atoms. The monoisotopic (exact) mass is 336 g/mol. The van der Waals surface area contributed by atoms with E-state index in [0.717, 1.165) is 33.5 Å². The second-order valence-corrected chi connectivity index (χ2v) is 6.39. The Labute approximate surface area is 150 Å². The molecule has 0 spiro atoms. The molecule has 3 heteroatoms. The van der Waals surface area contributed by atoms with Gasteiger partial charge in [0.15, 0.2) is 5.58 Å². The van der Waals surface area contributed by atoms with Crippen molar-refractivity contribution in [3.8, 4) is 22.6 Å². The Morgan fingerprint density at radius 2 is 1.38 bits per heavy atom. The Morgan fingerprint density at radius 1 is 0.654 bits per heavy atom. The van der Waals surface area contributed by atoms with Gasteiger partial charge < -0.3 is 10.2 Å². The predicted octanol–water partition coefficient (Wildman–Crippen LogP) is 5.90. The van der Waals surface area contributed by atoms with Crippen LogP contribution in [0.3, 0.4) is 0 Å². The minimum absolute atomic E-state index is 0.639. The number of hydrogen-bond donors (Lipinski definition) is 1. The summed E-state index contributed by atoms with van der Waals surface area (Å²) in [7, 11) is 0. The molecule has 0 atom stereocenters. The zero-order chi connectivity index (χ0) is 17.5. The van der Waals surface area contributed by atoms with Crippen molar-refractivity contribution in [3.63, 3.8) is 0 Å². The summed E-state index contributed by atoms with van der Waals surface area (Å²) in [4.78, 5) is 4.65. The standard InChI is InChI=1S/C23H16N2O/c24-20-10-7-16(8-11-20)18-9-12-21-22(14-18)26-23(25-21)19-6-5-15-3-1-2-4-17(15)13-19/h1-14H,24H2. The van der Waals surface area contributed by atoms with Gasteiger partial charge in [-0.1, -0.05) is 48.5 Å². The minimum Gasteiger partial charge on any atom is -0.436 e. The van der Waals surface area contributed by atoms with Gasteiger partial charge in [0.05, 0.1) is 0 Å². The predicted molar refractivity (Wildman–Crippen MR) is 107 cm³/mol. The Balaban J connectivity index is 1.59. The highest BCUT2D eigenvalue weighted by molar-refractivity contribution is 5.88. The molecule has 26 heavy (non-hydrogen) atoms. The lowest BCUT2D eigenvalue weighted by molar-refractivity contribution is 0.620. The van der Waals surface area contributed by atoms with Crippen LogP contribution in [0.4, 0.5) is 5.69 Å². The number of aromatic nitrogens is 1.